The summed E-state index contributed by atoms with van der Waals surface area (Å²) in [5.74, 6) is 1.84. The van der Waals surface area contributed by atoms with Crippen LogP contribution in [0.4, 0.5) is 5.95 Å². The molecule has 1 saturated heterocycles. The first-order valence-electron chi connectivity index (χ1n) is 8.50. The standard InChI is InChI=1S/C18H24N4O3/c1-12-10-14(13(2)25-12)18(3,24)11-21-16(23)15-6-4-9-22(15)17-19-7-5-8-20-17/h5,7-8,10,15,24H,4,6,9,11H2,1-3H3,(H,21,23). The van der Waals surface area contributed by atoms with Crippen molar-refractivity contribution in [3.05, 3.63) is 41.6 Å². The van der Waals surface area contributed by atoms with E-state index in [0.29, 0.717) is 17.3 Å². The highest BCUT2D eigenvalue weighted by Crippen LogP contribution is 2.27. The predicted octanol–water partition coefficient (Wildman–Crippen LogP) is 1.68. The van der Waals surface area contributed by atoms with Gasteiger partial charge in [0.2, 0.25) is 11.9 Å². The predicted molar refractivity (Wildman–Crippen MR) is 93.2 cm³/mol. The van der Waals surface area contributed by atoms with Crippen molar-refractivity contribution in [2.45, 2.75) is 45.3 Å². The first-order chi connectivity index (χ1) is 11.9. The van der Waals surface area contributed by atoms with Crippen LogP contribution in [-0.4, -0.2) is 40.1 Å². The third-order valence-corrected chi connectivity index (χ3v) is 4.59. The van der Waals surface area contributed by atoms with Gasteiger partial charge >= 0.3 is 0 Å². The molecule has 2 aromatic rings. The Balaban J connectivity index is 1.66. The Kier molecular flexibility index (Phi) is 4.76. The van der Waals surface area contributed by atoms with Gasteiger partial charge in [-0.15, -0.1) is 0 Å². The summed E-state index contributed by atoms with van der Waals surface area (Å²) in [4.78, 5) is 23.0. The number of anilines is 1. The van der Waals surface area contributed by atoms with Crippen LogP contribution < -0.4 is 10.2 Å². The minimum Gasteiger partial charge on any atom is -0.466 e. The average Bonchev–Trinajstić information content (AvgIpc) is 3.20. The molecule has 25 heavy (non-hydrogen) atoms. The summed E-state index contributed by atoms with van der Waals surface area (Å²) in [5, 5.41) is 13.6. The van der Waals surface area contributed by atoms with Crippen molar-refractivity contribution in [2.24, 2.45) is 0 Å². The molecule has 1 amide bonds. The summed E-state index contributed by atoms with van der Waals surface area (Å²) in [6, 6.07) is 3.24. The molecule has 2 atom stereocenters. The number of amides is 1. The highest BCUT2D eigenvalue weighted by molar-refractivity contribution is 5.85. The molecule has 3 rings (SSSR count). The fraction of sp³-hybridized carbons (Fsp3) is 0.500. The Labute approximate surface area is 147 Å². The number of hydrogen-bond donors (Lipinski definition) is 2. The van der Waals surface area contributed by atoms with Gasteiger partial charge in [0.1, 0.15) is 23.2 Å². The largest absolute Gasteiger partial charge is 0.466 e. The minimum atomic E-state index is -1.19. The first-order valence-corrected chi connectivity index (χ1v) is 8.50. The number of nitrogens with zero attached hydrogens (tertiary/aromatic N) is 3. The van der Waals surface area contributed by atoms with Gasteiger partial charge in [0.25, 0.3) is 0 Å². The summed E-state index contributed by atoms with van der Waals surface area (Å²) >= 11 is 0. The maximum absolute atomic E-state index is 12.7. The van der Waals surface area contributed by atoms with E-state index in [1.165, 1.54) is 0 Å². The van der Waals surface area contributed by atoms with Crippen LogP contribution in [0.15, 0.2) is 28.9 Å². The molecule has 0 radical (unpaired) electrons. The second kappa shape index (κ2) is 6.84. The third-order valence-electron chi connectivity index (χ3n) is 4.59. The molecule has 0 aromatic carbocycles. The molecule has 3 heterocycles. The van der Waals surface area contributed by atoms with Gasteiger partial charge in [-0.05, 0) is 45.7 Å². The summed E-state index contributed by atoms with van der Waals surface area (Å²) < 4.78 is 5.48. The molecule has 2 aromatic heterocycles. The average molecular weight is 344 g/mol. The topological polar surface area (TPSA) is 91.5 Å². The molecule has 0 aliphatic carbocycles. The second-order valence-electron chi connectivity index (χ2n) is 6.72. The zero-order valence-corrected chi connectivity index (χ0v) is 14.8. The van der Waals surface area contributed by atoms with Crippen LogP contribution in [0.3, 0.4) is 0 Å². The van der Waals surface area contributed by atoms with Crippen LogP contribution >= 0.6 is 0 Å². The molecule has 2 N–H and O–H groups in total. The van der Waals surface area contributed by atoms with Crippen molar-refractivity contribution >= 4 is 11.9 Å². The highest BCUT2D eigenvalue weighted by atomic mass is 16.3. The highest BCUT2D eigenvalue weighted by Gasteiger charge is 2.34. The maximum Gasteiger partial charge on any atom is 0.242 e. The van der Waals surface area contributed by atoms with Crippen molar-refractivity contribution in [3.8, 4) is 0 Å². The fourth-order valence-electron chi connectivity index (χ4n) is 3.36. The molecule has 1 fully saturated rings. The van der Waals surface area contributed by atoms with Gasteiger partial charge in [-0.1, -0.05) is 0 Å². The molecular formula is C18H24N4O3. The van der Waals surface area contributed by atoms with E-state index in [4.69, 9.17) is 4.42 Å². The first kappa shape index (κ1) is 17.4. The van der Waals surface area contributed by atoms with Gasteiger partial charge < -0.3 is 19.7 Å². The number of carbonyl (C=O) groups excluding carboxylic acids is 1. The van der Waals surface area contributed by atoms with Gasteiger partial charge in [-0.25, -0.2) is 9.97 Å². The van der Waals surface area contributed by atoms with Gasteiger partial charge in [0, 0.05) is 24.5 Å². The summed E-state index contributed by atoms with van der Waals surface area (Å²) in [7, 11) is 0. The van der Waals surface area contributed by atoms with E-state index in [0.717, 1.165) is 25.1 Å². The molecule has 1 aliphatic rings. The summed E-state index contributed by atoms with van der Waals surface area (Å²) in [5.41, 5.74) is -0.496. The van der Waals surface area contributed by atoms with E-state index in [-0.39, 0.29) is 18.5 Å². The Morgan fingerprint density at radius 1 is 1.44 bits per heavy atom. The minimum absolute atomic E-state index is 0.117. The lowest BCUT2D eigenvalue weighted by Gasteiger charge is -2.27. The van der Waals surface area contributed by atoms with Crippen molar-refractivity contribution in [3.63, 3.8) is 0 Å². The third kappa shape index (κ3) is 3.66. The number of hydrogen-bond acceptors (Lipinski definition) is 6. The van der Waals surface area contributed by atoms with Crippen LogP contribution in [0.1, 0.15) is 36.8 Å². The zero-order valence-electron chi connectivity index (χ0n) is 14.8. The van der Waals surface area contributed by atoms with Crippen molar-refractivity contribution in [1.82, 2.24) is 15.3 Å². The summed E-state index contributed by atoms with van der Waals surface area (Å²) in [6.07, 6.45) is 5.00. The normalized spacial score (nSPS) is 19.7. The molecule has 7 nitrogen and oxygen atoms in total. The lowest BCUT2D eigenvalue weighted by molar-refractivity contribution is -0.123. The molecule has 2 unspecified atom stereocenters. The van der Waals surface area contributed by atoms with Crippen LogP contribution in [0, 0.1) is 13.8 Å². The smallest absolute Gasteiger partial charge is 0.242 e. The Bertz CT molecular complexity index is 742. The van der Waals surface area contributed by atoms with Crippen molar-refractivity contribution in [2.75, 3.05) is 18.0 Å². The second-order valence-corrected chi connectivity index (χ2v) is 6.72. The van der Waals surface area contributed by atoms with Gasteiger partial charge in [-0.2, -0.15) is 0 Å². The fourth-order valence-corrected chi connectivity index (χ4v) is 3.36. The Morgan fingerprint density at radius 3 is 2.80 bits per heavy atom. The number of rotatable bonds is 5. The van der Waals surface area contributed by atoms with E-state index in [1.54, 1.807) is 31.5 Å². The number of carbonyl (C=O) groups is 1. The van der Waals surface area contributed by atoms with Crippen LogP contribution in [0.25, 0.3) is 0 Å². The maximum atomic E-state index is 12.7. The van der Waals surface area contributed by atoms with Crippen molar-refractivity contribution < 1.29 is 14.3 Å². The van der Waals surface area contributed by atoms with Crippen LogP contribution in [-0.2, 0) is 10.4 Å². The summed E-state index contributed by atoms with van der Waals surface area (Å²) in [6.45, 7) is 6.19. The SMILES string of the molecule is Cc1cc(C(C)(O)CNC(=O)C2CCCN2c2ncccn2)c(C)o1. The van der Waals surface area contributed by atoms with E-state index >= 15 is 0 Å². The number of furan rings is 1. The van der Waals surface area contributed by atoms with E-state index in [2.05, 4.69) is 15.3 Å². The molecule has 134 valence electrons. The lowest BCUT2D eigenvalue weighted by atomic mass is 9.96. The van der Waals surface area contributed by atoms with E-state index < -0.39 is 5.60 Å². The van der Waals surface area contributed by atoms with Gasteiger partial charge in [0.15, 0.2) is 0 Å². The number of aryl methyl sites for hydroxylation is 2. The quantitative estimate of drug-likeness (QED) is 0.857. The Hall–Kier alpha value is -2.41. The molecule has 0 saturated carbocycles. The molecular weight excluding hydrogens is 320 g/mol. The lowest BCUT2D eigenvalue weighted by Crippen LogP contribution is -2.48. The van der Waals surface area contributed by atoms with Crippen LogP contribution in [0.5, 0.6) is 0 Å². The van der Waals surface area contributed by atoms with E-state index in [9.17, 15) is 9.90 Å². The molecule has 0 spiro atoms. The van der Waals surface area contributed by atoms with Crippen LogP contribution in [0.2, 0.25) is 0 Å². The monoisotopic (exact) mass is 344 g/mol. The molecule has 1 aliphatic heterocycles. The van der Waals surface area contributed by atoms with Gasteiger partial charge in [-0.3, -0.25) is 4.79 Å². The number of nitrogens with one attached hydrogen (secondary N) is 1. The zero-order chi connectivity index (χ0) is 18.0. The molecule has 0 bridgehead atoms. The molecule has 7 heteroatoms. The van der Waals surface area contributed by atoms with Gasteiger partial charge in [0.05, 0.1) is 6.54 Å². The van der Waals surface area contributed by atoms with E-state index in [1.807, 2.05) is 18.7 Å². The van der Waals surface area contributed by atoms with Crippen molar-refractivity contribution in [1.29, 1.82) is 0 Å². The Morgan fingerprint density at radius 2 is 2.16 bits per heavy atom. The number of aliphatic hydroxyl groups is 1. The number of aromatic nitrogens is 2.